The molecule has 0 aliphatic rings. The van der Waals surface area contributed by atoms with Gasteiger partial charge in [-0.1, -0.05) is 24.6 Å². The molecule has 4 heteroatoms. The highest BCUT2D eigenvalue weighted by Gasteiger charge is 1.93. The summed E-state index contributed by atoms with van der Waals surface area (Å²) in [5.74, 6) is 2.45. The lowest BCUT2D eigenvalue weighted by molar-refractivity contribution is 0.677. The van der Waals surface area contributed by atoms with Gasteiger partial charge in [0.1, 0.15) is 5.15 Å². The number of rotatable bonds is 7. The summed E-state index contributed by atoms with van der Waals surface area (Å²) in [7, 11) is 0. The molecule has 0 atom stereocenters. The van der Waals surface area contributed by atoms with Crippen molar-refractivity contribution in [3.05, 3.63) is 29.0 Å². The monoisotopic (exact) mass is 244 g/mol. The molecule has 1 heterocycles. The van der Waals surface area contributed by atoms with Crippen molar-refractivity contribution in [2.75, 3.05) is 18.1 Å². The number of pyridine rings is 1. The summed E-state index contributed by atoms with van der Waals surface area (Å²) in [6.45, 7) is 4.13. The average Bonchev–Trinajstić information content (AvgIpc) is 2.26. The lowest BCUT2D eigenvalue weighted by Gasteiger charge is -2.04. The molecule has 0 saturated carbocycles. The van der Waals surface area contributed by atoms with Crippen molar-refractivity contribution in [2.45, 2.75) is 19.9 Å². The maximum Gasteiger partial charge on any atom is 0.129 e. The van der Waals surface area contributed by atoms with Gasteiger partial charge in [-0.15, -0.1) is 0 Å². The molecule has 0 amide bonds. The van der Waals surface area contributed by atoms with Crippen LogP contribution in [0.2, 0.25) is 5.15 Å². The van der Waals surface area contributed by atoms with E-state index in [1.165, 1.54) is 23.5 Å². The van der Waals surface area contributed by atoms with Gasteiger partial charge in [0.2, 0.25) is 0 Å². The van der Waals surface area contributed by atoms with E-state index in [0.717, 1.165) is 13.1 Å². The van der Waals surface area contributed by atoms with E-state index >= 15 is 0 Å². The Morgan fingerprint density at radius 2 is 2.33 bits per heavy atom. The molecule has 0 aliphatic heterocycles. The lowest BCUT2D eigenvalue weighted by Crippen LogP contribution is -2.15. The molecule has 0 spiro atoms. The van der Waals surface area contributed by atoms with Gasteiger partial charge >= 0.3 is 0 Å². The minimum absolute atomic E-state index is 0.554. The van der Waals surface area contributed by atoms with Crippen molar-refractivity contribution >= 4 is 23.4 Å². The molecule has 1 rings (SSSR count). The summed E-state index contributed by atoms with van der Waals surface area (Å²) in [6.07, 6.45) is 3.04. The quantitative estimate of drug-likeness (QED) is 0.590. The van der Waals surface area contributed by atoms with Crippen LogP contribution < -0.4 is 5.32 Å². The molecule has 0 bridgehead atoms. The Bertz CT molecular complexity index is 264. The summed E-state index contributed by atoms with van der Waals surface area (Å²) in [5, 5.41) is 3.94. The Hall–Kier alpha value is -0.250. The fourth-order valence-electron chi connectivity index (χ4n) is 1.19. The molecule has 0 unspecified atom stereocenters. The number of nitrogens with one attached hydrogen (secondary N) is 1. The van der Waals surface area contributed by atoms with Crippen molar-refractivity contribution < 1.29 is 0 Å². The van der Waals surface area contributed by atoms with Crippen LogP contribution in [-0.2, 0) is 6.54 Å². The third-order valence-electron chi connectivity index (χ3n) is 1.96. The summed E-state index contributed by atoms with van der Waals surface area (Å²) >= 11 is 7.68. The lowest BCUT2D eigenvalue weighted by atomic mass is 10.3. The molecule has 0 fully saturated rings. The zero-order valence-electron chi connectivity index (χ0n) is 9.00. The summed E-state index contributed by atoms with van der Waals surface area (Å²) in [6, 6.07) is 3.83. The van der Waals surface area contributed by atoms with Gasteiger partial charge in [-0.05, 0) is 36.1 Å². The van der Waals surface area contributed by atoms with Crippen LogP contribution >= 0.6 is 23.4 Å². The van der Waals surface area contributed by atoms with Gasteiger partial charge in [-0.3, -0.25) is 0 Å². The normalized spacial score (nSPS) is 10.5. The Balaban J connectivity index is 2.07. The number of aromatic nitrogens is 1. The Morgan fingerprint density at radius 3 is 3.00 bits per heavy atom. The SMILES string of the molecule is CCSCCCNCc1ccc(Cl)nc1. The van der Waals surface area contributed by atoms with Gasteiger partial charge in [0.05, 0.1) is 0 Å². The van der Waals surface area contributed by atoms with Gasteiger partial charge in [0.25, 0.3) is 0 Å². The van der Waals surface area contributed by atoms with Gasteiger partial charge < -0.3 is 5.32 Å². The Morgan fingerprint density at radius 1 is 1.47 bits per heavy atom. The molecule has 0 saturated heterocycles. The predicted molar refractivity (Wildman–Crippen MR) is 68.6 cm³/mol. The van der Waals surface area contributed by atoms with Gasteiger partial charge in [0.15, 0.2) is 0 Å². The number of hydrogen-bond acceptors (Lipinski definition) is 3. The highest BCUT2D eigenvalue weighted by Crippen LogP contribution is 2.05. The molecular formula is C11H17ClN2S. The van der Waals surface area contributed by atoms with Crippen LogP contribution in [0, 0.1) is 0 Å². The van der Waals surface area contributed by atoms with E-state index in [0.29, 0.717) is 5.15 Å². The van der Waals surface area contributed by atoms with E-state index in [-0.39, 0.29) is 0 Å². The number of thioether (sulfide) groups is 1. The van der Waals surface area contributed by atoms with Gasteiger partial charge in [0, 0.05) is 12.7 Å². The smallest absolute Gasteiger partial charge is 0.129 e. The fourth-order valence-corrected chi connectivity index (χ4v) is 1.94. The molecule has 0 aromatic carbocycles. The molecular weight excluding hydrogens is 228 g/mol. The van der Waals surface area contributed by atoms with E-state index in [4.69, 9.17) is 11.6 Å². The van der Waals surface area contributed by atoms with Crippen molar-refractivity contribution in [1.82, 2.24) is 10.3 Å². The van der Waals surface area contributed by atoms with Crippen LogP contribution in [0.5, 0.6) is 0 Å². The number of hydrogen-bond donors (Lipinski definition) is 1. The molecule has 84 valence electrons. The second-order valence-corrected chi connectivity index (χ2v) is 5.00. The molecule has 1 aromatic heterocycles. The summed E-state index contributed by atoms with van der Waals surface area (Å²) in [5.41, 5.74) is 1.18. The minimum Gasteiger partial charge on any atom is -0.313 e. The first kappa shape index (κ1) is 12.8. The van der Waals surface area contributed by atoms with Crippen LogP contribution in [0.25, 0.3) is 0 Å². The first-order chi connectivity index (χ1) is 7.33. The Labute approximate surface area is 101 Å². The standard InChI is InChI=1S/C11H17ClN2S/c1-2-15-7-3-6-13-8-10-4-5-11(12)14-9-10/h4-5,9,13H,2-3,6-8H2,1H3. The predicted octanol–water partition coefficient (Wildman–Crippen LogP) is 2.97. The second kappa shape index (κ2) is 7.97. The third-order valence-corrected chi connectivity index (χ3v) is 3.17. The first-order valence-electron chi connectivity index (χ1n) is 5.22. The molecule has 0 radical (unpaired) electrons. The maximum absolute atomic E-state index is 5.70. The zero-order chi connectivity index (χ0) is 10.9. The molecule has 15 heavy (non-hydrogen) atoms. The third kappa shape index (κ3) is 6.03. The molecule has 1 N–H and O–H groups in total. The number of nitrogens with zero attached hydrogens (tertiary/aromatic N) is 1. The van der Waals surface area contributed by atoms with Crippen molar-refractivity contribution in [3.8, 4) is 0 Å². The molecule has 2 nitrogen and oxygen atoms in total. The largest absolute Gasteiger partial charge is 0.313 e. The second-order valence-electron chi connectivity index (χ2n) is 3.22. The topological polar surface area (TPSA) is 24.9 Å². The first-order valence-corrected chi connectivity index (χ1v) is 6.75. The van der Waals surface area contributed by atoms with E-state index < -0.39 is 0 Å². The summed E-state index contributed by atoms with van der Waals surface area (Å²) in [4.78, 5) is 4.03. The minimum atomic E-state index is 0.554. The van der Waals surface area contributed by atoms with Crippen molar-refractivity contribution in [1.29, 1.82) is 0 Å². The maximum atomic E-state index is 5.70. The van der Waals surface area contributed by atoms with Crippen LogP contribution in [0.3, 0.4) is 0 Å². The number of halogens is 1. The van der Waals surface area contributed by atoms with E-state index in [1.807, 2.05) is 30.1 Å². The van der Waals surface area contributed by atoms with Crippen LogP contribution in [0.15, 0.2) is 18.3 Å². The van der Waals surface area contributed by atoms with Crippen LogP contribution in [0.1, 0.15) is 18.9 Å². The van der Waals surface area contributed by atoms with Gasteiger partial charge in [-0.2, -0.15) is 11.8 Å². The highest BCUT2D eigenvalue weighted by atomic mass is 35.5. The molecule has 1 aromatic rings. The zero-order valence-corrected chi connectivity index (χ0v) is 10.6. The van der Waals surface area contributed by atoms with Gasteiger partial charge in [-0.25, -0.2) is 4.98 Å². The van der Waals surface area contributed by atoms with E-state index in [9.17, 15) is 0 Å². The fraction of sp³-hybridized carbons (Fsp3) is 0.545. The summed E-state index contributed by atoms with van der Waals surface area (Å²) < 4.78 is 0. The van der Waals surface area contributed by atoms with Crippen LogP contribution in [-0.4, -0.2) is 23.0 Å². The van der Waals surface area contributed by atoms with Crippen molar-refractivity contribution in [3.63, 3.8) is 0 Å². The van der Waals surface area contributed by atoms with Crippen molar-refractivity contribution in [2.24, 2.45) is 0 Å². The highest BCUT2D eigenvalue weighted by molar-refractivity contribution is 7.99. The van der Waals surface area contributed by atoms with Crippen LogP contribution in [0.4, 0.5) is 0 Å². The molecule has 0 aliphatic carbocycles. The Kier molecular flexibility index (Phi) is 6.81. The van der Waals surface area contributed by atoms with E-state index in [2.05, 4.69) is 17.2 Å². The van der Waals surface area contributed by atoms with E-state index in [1.54, 1.807) is 0 Å². The average molecular weight is 245 g/mol.